The molecule has 1 heterocycles. The van der Waals surface area contributed by atoms with Gasteiger partial charge < -0.3 is 14.9 Å². The zero-order chi connectivity index (χ0) is 24.6. The first-order chi connectivity index (χ1) is 16.2. The number of aliphatic hydroxyl groups excluding tert-OH is 1. The number of amides is 1. The number of carbonyl (C=O) groups excluding carboxylic acids is 2. The van der Waals surface area contributed by atoms with Crippen LogP contribution < -0.4 is 9.64 Å². The third kappa shape index (κ3) is 4.29. The van der Waals surface area contributed by atoms with Crippen LogP contribution in [0.4, 0.5) is 5.69 Å². The number of benzene rings is 3. The van der Waals surface area contributed by atoms with Gasteiger partial charge in [0, 0.05) is 20.7 Å². The maximum Gasteiger partial charge on any atom is 0.300 e. The third-order valence-electron chi connectivity index (χ3n) is 5.59. The van der Waals surface area contributed by atoms with E-state index in [2.05, 4.69) is 15.9 Å². The van der Waals surface area contributed by atoms with Crippen molar-refractivity contribution in [3.8, 4) is 11.5 Å². The van der Waals surface area contributed by atoms with Crippen molar-refractivity contribution in [3.63, 3.8) is 0 Å². The zero-order valence-corrected chi connectivity index (χ0v) is 20.7. The van der Waals surface area contributed by atoms with Crippen LogP contribution in [0.1, 0.15) is 29.7 Å². The van der Waals surface area contributed by atoms with Crippen LogP contribution in [0.3, 0.4) is 0 Å². The first kappa shape index (κ1) is 23.9. The van der Waals surface area contributed by atoms with Gasteiger partial charge in [0.1, 0.15) is 5.76 Å². The molecule has 3 aromatic rings. The van der Waals surface area contributed by atoms with E-state index in [9.17, 15) is 19.8 Å². The fraction of sp³-hybridized carbons (Fsp3) is 0.154. The number of anilines is 1. The Labute approximate surface area is 210 Å². The van der Waals surface area contributed by atoms with Gasteiger partial charge >= 0.3 is 0 Å². The summed E-state index contributed by atoms with van der Waals surface area (Å²) in [5, 5.41) is 21.8. The lowest BCUT2D eigenvalue weighted by molar-refractivity contribution is -0.132. The molecule has 6 nitrogen and oxygen atoms in total. The molecule has 3 aromatic carbocycles. The fourth-order valence-corrected chi connectivity index (χ4v) is 4.40. The third-order valence-corrected chi connectivity index (χ3v) is 6.36. The summed E-state index contributed by atoms with van der Waals surface area (Å²) >= 11 is 9.58. The van der Waals surface area contributed by atoms with E-state index in [1.807, 2.05) is 0 Å². The van der Waals surface area contributed by atoms with Gasteiger partial charge in [0.05, 0.1) is 18.2 Å². The van der Waals surface area contributed by atoms with Crippen LogP contribution in [0.5, 0.6) is 11.5 Å². The molecule has 1 unspecified atom stereocenters. The van der Waals surface area contributed by atoms with Crippen molar-refractivity contribution in [2.24, 2.45) is 0 Å². The van der Waals surface area contributed by atoms with Crippen molar-refractivity contribution in [2.75, 3.05) is 11.5 Å². The van der Waals surface area contributed by atoms with E-state index < -0.39 is 17.7 Å². The maximum absolute atomic E-state index is 13.3. The number of aryl methyl sites for hydroxylation is 1. The molecule has 0 saturated carbocycles. The van der Waals surface area contributed by atoms with E-state index in [1.165, 1.54) is 11.0 Å². The highest BCUT2D eigenvalue weighted by atomic mass is 79.9. The Morgan fingerprint density at radius 1 is 1.09 bits per heavy atom. The molecule has 4 rings (SSSR count). The lowest BCUT2D eigenvalue weighted by Crippen LogP contribution is -2.30. The molecule has 0 radical (unpaired) electrons. The van der Waals surface area contributed by atoms with E-state index in [1.54, 1.807) is 68.4 Å². The van der Waals surface area contributed by atoms with Gasteiger partial charge in [-0.3, -0.25) is 14.5 Å². The molecule has 0 bridgehead atoms. The van der Waals surface area contributed by atoms with Crippen LogP contribution in [0.15, 0.2) is 70.7 Å². The normalized spacial score (nSPS) is 17.3. The highest BCUT2D eigenvalue weighted by Gasteiger charge is 2.47. The fourth-order valence-electron chi connectivity index (χ4n) is 3.97. The van der Waals surface area contributed by atoms with Gasteiger partial charge in [-0.1, -0.05) is 51.8 Å². The van der Waals surface area contributed by atoms with Crippen LogP contribution in [0.2, 0.25) is 5.02 Å². The summed E-state index contributed by atoms with van der Waals surface area (Å²) in [6.45, 7) is 3.89. The summed E-state index contributed by atoms with van der Waals surface area (Å²) < 4.78 is 6.33. The summed E-state index contributed by atoms with van der Waals surface area (Å²) in [6.07, 6.45) is 0. The standard InChI is InChI=1S/C26H21BrClNO5/c1-3-34-21-12-16(7-11-20(21)30)23-22(24(31)15-5-8-17(27)9-6-15)25(32)26(33)29(23)19-13-18(28)10-4-14(19)2/h4-13,23,30-31H,3H2,1-2H3/b24-22+. The van der Waals surface area contributed by atoms with Gasteiger partial charge in [-0.05, 0) is 61.4 Å². The van der Waals surface area contributed by atoms with Crippen molar-refractivity contribution < 1.29 is 24.5 Å². The molecule has 174 valence electrons. The molecule has 34 heavy (non-hydrogen) atoms. The molecule has 2 N–H and O–H groups in total. The summed E-state index contributed by atoms with van der Waals surface area (Å²) in [5.74, 6) is -1.79. The van der Waals surface area contributed by atoms with Gasteiger partial charge in [0.15, 0.2) is 11.5 Å². The van der Waals surface area contributed by atoms with Gasteiger partial charge in [0.2, 0.25) is 0 Å². The number of carbonyl (C=O) groups is 2. The number of Topliss-reactive ketones (excluding diaryl/α,β-unsaturated/α-hetero) is 1. The zero-order valence-electron chi connectivity index (χ0n) is 18.4. The topological polar surface area (TPSA) is 87.1 Å². The van der Waals surface area contributed by atoms with Crippen molar-refractivity contribution in [2.45, 2.75) is 19.9 Å². The summed E-state index contributed by atoms with van der Waals surface area (Å²) in [7, 11) is 0. The Bertz CT molecular complexity index is 1320. The average molecular weight is 543 g/mol. The number of hydrogen-bond acceptors (Lipinski definition) is 5. The highest BCUT2D eigenvalue weighted by molar-refractivity contribution is 9.10. The minimum absolute atomic E-state index is 0.0696. The molecule has 1 amide bonds. The van der Waals surface area contributed by atoms with Crippen LogP contribution >= 0.6 is 27.5 Å². The molecule has 1 atom stereocenters. The molecule has 1 aliphatic heterocycles. The van der Waals surface area contributed by atoms with E-state index in [-0.39, 0.29) is 22.8 Å². The minimum atomic E-state index is -0.972. The van der Waals surface area contributed by atoms with Crippen molar-refractivity contribution >= 4 is 50.7 Å². The van der Waals surface area contributed by atoms with Gasteiger partial charge in [0.25, 0.3) is 11.7 Å². The minimum Gasteiger partial charge on any atom is -0.507 e. The second-order valence-corrected chi connectivity index (χ2v) is 9.12. The largest absolute Gasteiger partial charge is 0.507 e. The monoisotopic (exact) mass is 541 g/mol. The quantitative estimate of drug-likeness (QED) is 0.230. The van der Waals surface area contributed by atoms with E-state index in [0.29, 0.717) is 28.4 Å². The molecule has 1 fully saturated rings. The predicted molar refractivity (Wildman–Crippen MR) is 134 cm³/mol. The predicted octanol–water partition coefficient (Wildman–Crippen LogP) is 6.14. The molecule has 0 aromatic heterocycles. The number of phenols is 1. The number of halogens is 2. The highest BCUT2D eigenvalue weighted by Crippen LogP contribution is 2.45. The van der Waals surface area contributed by atoms with E-state index in [0.717, 1.165) is 10.0 Å². The Kier molecular flexibility index (Phi) is 6.68. The smallest absolute Gasteiger partial charge is 0.300 e. The Balaban J connectivity index is 1.99. The van der Waals surface area contributed by atoms with Gasteiger partial charge in [-0.25, -0.2) is 0 Å². The molecular weight excluding hydrogens is 522 g/mol. The number of nitrogens with zero attached hydrogens (tertiary/aromatic N) is 1. The number of aliphatic hydroxyl groups is 1. The Morgan fingerprint density at radius 3 is 2.47 bits per heavy atom. The Morgan fingerprint density at radius 2 is 1.79 bits per heavy atom. The SMILES string of the molecule is CCOc1cc(C2/C(=C(\O)c3ccc(Br)cc3)C(=O)C(=O)N2c2cc(Cl)ccc2C)ccc1O. The summed E-state index contributed by atoms with van der Waals surface area (Å²) in [6, 6.07) is 15.4. The molecule has 0 aliphatic carbocycles. The molecular formula is C26H21BrClNO5. The molecule has 0 spiro atoms. The summed E-state index contributed by atoms with van der Waals surface area (Å²) in [5.41, 5.74) is 1.97. The maximum atomic E-state index is 13.3. The van der Waals surface area contributed by atoms with Gasteiger partial charge in [-0.15, -0.1) is 0 Å². The average Bonchev–Trinajstić information content (AvgIpc) is 3.07. The molecule has 8 heteroatoms. The number of aromatic hydroxyl groups is 1. The van der Waals surface area contributed by atoms with Crippen molar-refractivity contribution in [1.82, 2.24) is 0 Å². The second kappa shape index (κ2) is 9.52. The number of ether oxygens (including phenoxy) is 1. The van der Waals surface area contributed by atoms with Crippen molar-refractivity contribution in [3.05, 3.63) is 92.4 Å². The molecule has 1 saturated heterocycles. The lowest BCUT2D eigenvalue weighted by Gasteiger charge is -2.27. The van der Waals surface area contributed by atoms with Crippen LogP contribution in [0.25, 0.3) is 5.76 Å². The second-order valence-electron chi connectivity index (χ2n) is 7.77. The number of rotatable bonds is 5. The lowest BCUT2D eigenvalue weighted by atomic mass is 9.94. The van der Waals surface area contributed by atoms with E-state index in [4.69, 9.17) is 16.3 Å². The van der Waals surface area contributed by atoms with Crippen LogP contribution in [0, 0.1) is 6.92 Å². The van der Waals surface area contributed by atoms with Crippen LogP contribution in [-0.2, 0) is 9.59 Å². The van der Waals surface area contributed by atoms with E-state index >= 15 is 0 Å². The number of phenolic OH excluding ortho intramolecular Hbond substituents is 1. The first-order valence-corrected chi connectivity index (χ1v) is 11.7. The van der Waals surface area contributed by atoms with Crippen LogP contribution in [-0.4, -0.2) is 28.5 Å². The number of ketones is 1. The molecule has 1 aliphatic rings. The first-order valence-electron chi connectivity index (χ1n) is 10.5. The van der Waals surface area contributed by atoms with Crippen molar-refractivity contribution in [1.29, 1.82) is 0 Å². The Hall–Kier alpha value is -3.29. The number of hydrogen-bond donors (Lipinski definition) is 2. The summed E-state index contributed by atoms with van der Waals surface area (Å²) in [4.78, 5) is 28.0. The van der Waals surface area contributed by atoms with Gasteiger partial charge in [-0.2, -0.15) is 0 Å².